The number of nitrogens with zero attached hydrogens (tertiary/aromatic N) is 8. The molecule has 0 saturated carbocycles. The van der Waals surface area contributed by atoms with Gasteiger partial charge in [-0.05, 0) is 24.3 Å². The maximum atomic E-state index is 15.0. The molecule has 222 valence electrons. The Balaban J connectivity index is 0.987. The van der Waals surface area contributed by atoms with E-state index in [4.69, 9.17) is 14.9 Å². The first-order valence-electron chi connectivity index (χ1n) is 14.1. The number of benzene rings is 1. The van der Waals surface area contributed by atoms with Gasteiger partial charge in [0.1, 0.15) is 17.3 Å². The second-order valence-corrected chi connectivity index (χ2v) is 10.4. The molecule has 6 rings (SSSR count). The molecule has 2 aliphatic rings. The second-order valence-electron chi connectivity index (χ2n) is 10.4. The Bertz CT molecular complexity index is 1510. The molecular formula is C28H35FN10O3. The van der Waals surface area contributed by atoms with Gasteiger partial charge in [0, 0.05) is 84.6 Å². The number of carbonyl (C=O) groups excluding carboxylic acids is 1. The molecule has 0 spiro atoms. The summed E-state index contributed by atoms with van der Waals surface area (Å²) in [5.74, 6) is 1.32. The van der Waals surface area contributed by atoms with Crippen LogP contribution < -0.4 is 25.6 Å². The van der Waals surface area contributed by atoms with Crippen molar-refractivity contribution in [2.24, 2.45) is 0 Å². The summed E-state index contributed by atoms with van der Waals surface area (Å²) in [7, 11) is 1.93. The zero-order chi connectivity index (χ0) is 29.1. The molecule has 0 radical (unpaired) electrons. The number of likely N-dealkylation sites (N-methyl/N-ethyl adjacent to an activating group) is 1. The van der Waals surface area contributed by atoms with Crippen LogP contribution in [0.5, 0.6) is 5.75 Å². The van der Waals surface area contributed by atoms with Gasteiger partial charge in [0.2, 0.25) is 11.9 Å². The number of halogens is 1. The number of nitrogens with two attached hydrogens (primary N) is 1. The summed E-state index contributed by atoms with van der Waals surface area (Å²) in [6, 6.07) is 10.3. The number of anilines is 3. The maximum Gasteiger partial charge on any atom is 0.260 e. The maximum absolute atomic E-state index is 15.0. The largest absolute Gasteiger partial charge is 0.484 e. The van der Waals surface area contributed by atoms with Crippen molar-refractivity contribution >= 4 is 29.1 Å². The SMILES string of the molecule is CN(CCN1CCN(c2ccc(OCC(=O)N3CCNCC3)cc2F)CC1)c1nc(N)n2nc(-c3ccco3)cc2n1. The summed E-state index contributed by atoms with van der Waals surface area (Å²) < 4.78 is 27.5. The van der Waals surface area contributed by atoms with Crippen LogP contribution >= 0.6 is 0 Å². The van der Waals surface area contributed by atoms with Gasteiger partial charge in [-0.2, -0.15) is 19.6 Å². The highest BCUT2D eigenvalue weighted by Crippen LogP contribution is 2.26. The quantitative estimate of drug-likeness (QED) is 0.297. The summed E-state index contributed by atoms with van der Waals surface area (Å²) in [4.78, 5) is 29.5. The minimum atomic E-state index is -0.351. The molecule has 4 aromatic rings. The average molecular weight is 579 g/mol. The molecular weight excluding hydrogens is 543 g/mol. The number of furan rings is 1. The lowest BCUT2D eigenvalue weighted by Gasteiger charge is -2.36. The summed E-state index contributed by atoms with van der Waals surface area (Å²) in [6.45, 7) is 7.26. The Kier molecular flexibility index (Phi) is 8.06. The van der Waals surface area contributed by atoms with Gasteiger partial charge in [0.05, 0.1) is 12.0 Å². The van der Waals surface area contributed by atoms with E-state index in [0.29, 0.717) is 67.2 Å². The van der Waals surface area contributed by atoms with Crippen LogP contribution in [-0.2, 0) is 4.79 Å². The van der Waals surface area contributed by atoms with E-state index in [-0.39, 0.29) is 24.3 Å². The summed E-state index contributed by atoms with van der Waals surface area (Å²) in [6.07, 6.45) is 1.59. The van der Waals surface area contributed by atoms with E-state index in [9.17, 15) is 9.18 Å². The molecule has 1 amide bonds. The number of ether oxygens (including phenoxy) is 1. The average Bonchev–Trinajstić information content (AvgIpc) is 3.70. The fraction of sp³-hybridized carbons (Fsp3) is 0.429. The zero-order valence-electron chi connectivity index (χ0n) is 23.6. The van der Waals surface area contributed by atoms with Gasteiger partial charge in [0.15, 0.2) is 18.0 Å². The van der Waals surface area contributed by atoms with Crippen molar-refractivity contribution in [2.45, 2.75) is 0 Å². The lowest BCUT2D eigenvalue weighted by Crippen LogP contribution is -2.48. The molecule has 42 heavy (non-hydrogen) atoms. The minimum absolute atomic E-state index is 0.0839. The summed E-state index contributed by atoms with van der Waals surface area (Å²) in [5.41, 5.74) is 7.94. The molecule has 2 aliphatic heterocycles. The lowest BCUT2D eigenvalue weighted by molar-refractivity contribution is -0.133. The third kappa shape index (κ3) is 6.09. The van der Waals surface area contributed by atoms with Crippen LogP contribution in [0.25, 0.3) is 17.1 Å². The van der Waals surface area contributed by atoms with Crippen LogP contribution in [0.3, 0.4) is 0 Å². The standard InChI is InChI=1S/C28H35FN10O3/c1-35(28-32-25-18-22(24-3-2-16-41-24)34-39(25)27(30)33-28)10-11-36-12-14-37(15-13-36)23-5-4-20(17-21(23)29)42-19-26(40)38-8-6-31-7-9-38/h2-5,16-18,31H,6-15,19H2,1H3,(H2,30,32,33). The molecule has 2 fully saturated rings. The van der Waals surface area contributed by atoms with Gasteiger partial charge in [-0.25, -0.2) is 4.39 Å². The lowest BCUT2D eigenvalue weighted by atomic mass is 10.2. The minimum Gasteiger partial charge on any atom is -0.484 e. The first kappa shape index (κ1) is 27.7. The number of amides is 1. The topological polar surface area (TPSA) is 134 Å². The van der Waals surface area contributed by atoms with Crippen LogP contribution in [0.2, 0.25) is 0 Å². The molecule has 0 atom stereocenters. The van der Waals surface area contributed by atoms with Crippen molar-refractivity contribution in [1.82, 2.24) is 34.7 Å². The van der Waals surface area contributed by atoms with Crippen molar-refractivity contribution in [1.29, 1.82) is 0 Å². The number of hydrogen-bond donors (Lipinski definition) is 2. The van der Waals surface area contributed by atoms with E-state index < -0.39 is 0 Å². The number of hydrogen-bond acceptors (Lipinski definition) is 11. The fourth-order valence-electron chi connectivity index (χ4n) is 5.20. The highest BCUT2D eigenvalue weighted by atomic mass is 19.1. The first-order valence-corrected chi connectivity index (χ1v) is 14.1. The normalized spacial score (nSPS) is 16.2. The van der Waals surface area contributed by atoms with E-state index in [1.165, 1.54) is 10.6 Å². The highest BCUT2D eigenvalue weighted by molar-refractivity contribution is 5.78. The fourth-order valence-corrected chi connectivity index (χ4v) is 5.20. The number of aromatic nitrogens is 4. The predicted molar refractivity (Wildman–Crippen MR) is 156 cm³/mol. The van der Waals surface area contributed by atoms with Gasteiger partial charge < -0.3 is 34.9 Å². The smallest absolute Gasteiger partial charge is 0.260 e. The van der Waals surface area contributed by atoms with E-state index in [0.717, 1.165) is 32.7 Å². The molecule has 1 aromatic carbocycles. The van der Waals surface area contributed by atoms with Crippen molar-refractivity contribution in [3.63, 3.8) is 0 Å². The van der Waals surface area contributed by atoms with Crippen molar-refractivity contribution < 1.29 is 18.3 Å². The third-order valence-corrected chi connectivity index (χ3v) is 7.67. The van der Waals surface area contributed by atoms with E-state index >= 15 is 0 Å². The first-order chi connectivity index (χ1) is 20.4. The second kappa shape index (κ2) is 12.2. The van der Waals surface area contributed by atoms with Crippen LogP contribution in [-0.4, -0.2) is 114 Å². The molecule has 0 unspecified atom stereocenters. The Labute approximate surface area is 242 Å². The van der Waals surface area contributed by atoms with Crippen molar-refractivity contribution in [2.75, 3.05) is 94.6 Å². The Morgan fingerprint density at radius 3 is 2.67 bits per heavy atom. The van der Waals surface area contributed by atoms with Crippen molar-refractivity contribution in [3.8, 4) is 17.2 Å². The Hall–Kier alpha value is -4.43. The van der Waals surface area contributed by atoms with E-state index in [1.54, 1.807) is 29.4 Å². The molecule has 13 nitrogen and oxygen atoms in total. The molecule has 0 aliphatic carbocycles. The van der Waals surface area contributed by atoms with Gasteiger partial charge in [-0.1, -0.05) is 0 Å². The van der Waals surface area contributed by atoms with Gasteiger partial charge in [-0.15, -0.1) is 0 Å². The van der Waals surface area contributed by atoms with Crippen LogP contribution in [0.1, 0.15) is 0 Å². The van der Waals surface area contributed by atoms with Gasteiger partial charge in [-0.3, -0.25) is 9.69 Å². The highest BCUT2D eigenvalue weighted by Gasteiger charge is 2.22. The number of carbonyl (C=O) groups is 1. The number of piperazine rings is 2. The number of rotatable bonds is 9. The van der Waals surface area contributed by atoms with Gasteiger partial charge >= 0.3 is 0 Å². The molecule has 3 N–H and O–H groups in total. The van der Waals surface area contributed by atoms with Crippen LogP contribution in [0, 0.1) is 5.82 Å². The molecule has 3 aromatic heterocycles. The molecule has 14 heteroatoms. The number of nitrogen functional groups attached to an aromatic ring is 1. The van der Waals surface area contributed by atoms with Crippen LogP contribution in [0.15, 0.2) is 47.1 Å². The summed E-state index contributed by atoms with van der Waals surface area (Å²) >= 11 is 0. The zero-order valence-corrected chi connectivity index (χ0v) is 23.6. The molecule has 0 bridgehead atoms. The van der Waals surface area contributed by atoms with Crippen molar-refractivity contribution in [3.05, 3.63) is 48.5 Å². The predicted octanol–water partition coefficient (Wildman–Crippen LogP) is 1.17. The Morgan fingerprint density at radius 1 is 1.12 bits per heavy atom. The summed E-state index contributed by atoms with van der Waals surface area (Å²) in [5, 5.41) is 7.65. The van der Waals surface area contributed by atoms with Crippen LogP contribution in [0.4, 0.5) is 22.0 Å². The number of nitrogens with one attached hydrogen (secondary N) is 1. The molecule has 5 heterocycles. The molecule has 2 saturated heterocycles. The third-order valence-electron chi connectivity index (χ3n) is 7.67. The Morgan fingerprint density at radius 2 is 1.93 bits per heavy atom. The van der Waals surface area contributed by atoms with Gasteiger partial charge in [0.25, 0.3) is 5.91 Å². The van der Waals surface area contributed by atoms with E-state index in [1.807, 2.05) is 29.0 Å². The number of fused-ring (bicyclic) bond motifs is 1. The monoisotopic (exact) mass is 578 g/mol. The van der Waals surface area contributed by atoms with E-state index in [2.05, 4.69) is 25.3 Å².